The maximum Gasteiger partial charge on any atom is 0.0786 e. The Labute approximate surface area is 143 Å². The molecule has 0 atom stereocenters. The summed E-state index contributed by atoms with van der Waals surface area (Å²) in [6.45, 7) is 15.0. The second-order valence-electron chi connectivity index (χ2n) is 5.65. The van der Waals surface area contributed by atoms with Crippen molar-refractivity contribution in [2.45, 2.75) is 79.1 Å². The van der Waals surface area contributed by atoms with Crippen LogP contribution in [-0.4, -0.2) is 30.7 Å². The maximum atomic E-state index is 2.33. The molecular weight excluding hydrogens is 345 g/mol. The minimum atomic E-state index is 0. The molecule has 19 heavy (non-hydrogen) atoms. The van der Waals surface area contributed by atoms with Gasteiger partial charge in [0.15, 0.2) is 0 Å². The summed E-state index contributed by atoms with van der Waals surface area (Å²) in [7, 11) is 0. The van der Waals surface area contributed by atoms with Gasteiger partial charge < -0.3 is 21.5 Å². The summed E-state index contributed by atoms with van der Waals surface area (Å²) in [5.41, 5.74) is 0. The van der Waals surface area contributed by atoms with Crippen molar-refractivity contribution in [3.8, 4) is 0 Å². The van der Waals surface area contributed by atoms with Crippen LogP contribution in [0.15, 0.2) is 0 Å². The molecule has 0 aromatic carbocycles. The van der Waals surface area contributed by atoms with Crippen LogP contribution in [0.25, 0.3) is 0 Å². The van der Waals surface area contributed by atoms with Gasteiger partial charge in [-0.15, -0.1) is 0 Å². The van der Waals surface area contributed by atoms with Gasteiger partial charge in [0.2, 0.25) is 0 Å². The van der Waals surface area contributed by atoms with Crippen molar-refractivity contribution in [3.05, 3.63) is 0 Å². The Bertz CT molecular complexity index is 127. The van der Waals surface area contributed by atoms with Crippen LogP contribution >= 0.6 is 0 Å². The average molecular weight is 381 g/mol. The molecule has 0 heterocycles. The van der Waals surface area contributed by atoms with E-state index in [9.17, 15) is 0 Å². The van der Waals surface area contributed by atoms with Gasteiger partial charge >= 0.3 is 0 Å². The third-order valence-corrected chi connectivity index (χ3v) is 3.94. The zero-order valence-corrected chi connectivity index (χ0v) is 16.3. The van der Waals surface area contributed by atoms with E-state index in [1.807, 2.05) is 0 Å². The van der Waals surface area contributed by atoms with Crippen molar-refractivity contribution in [3.63, 3.8) is 0 Å². The van der Waals surface area contributed by atoms with Gasteiger partial charge in [0.1, 0.15) is 0 Å². The Hall–Kier alpha value is 0.946. The Kier molecular flexibility index (Phi) is 22.3. The number of rotatable bonds is 12. The third-order valence-electron chi connectivity index (χ3n) is 3.94. The van der Waals surface area contributed by atoms with Gasteiger partial charge in [0.05, 0.1) is 26.2 Å². The van der Waals surface area contributed by atoms with Crippen molar-refractivity contribution in [2.24, 2.45) is 0 Å². The molecule has 0 rings (SSSR count). The summed E-state index contributed by atoms with van der Waals surface area (Å²) in [5, 5.41) is 0. The minimum absolute atomic E-state index is 0. The van der Waals surface area contributed by atoms with Crippen molar-refractivity contribution in [1.29, 1.82) is 0 Å². The number of nitrogens with zero attached hydrogens (tertiary/aromatic N) is 1. The molecule has 121 valence electrons. The number of quaternary nitrogens is 1. The SMILES string of the molecule is CCCC[N+](CCCC)(CCCC)CCCC.[Br-].[Co]. The Morgan fingerprint density at radius 3 is 0.895 bits per heavy atom. The topological polar surface area (TPSA) is 0 Å². The predicted octanol–water partition coefficient (Wildman–Crippen LogP) is 2.01. The summed E-state index contributed by atoms with van der Waals surface area (Å²) in [6.07, 6.45) is 11.1. The fourth-order valence-electron chi connectivity index (χ4n) is 2.64. The smallest absolute Gasteiger partial charge is 0.0786 e. The Morgan fingerprint density at radius 2 is 0.737 bits per heavy atom. The molecule has 0 aliphatic heterocycles. The standard InChI is InChI=1S/C16H36N.BrH.Co/c1-5-9-13-17(14-10-6-2,15-11-7-3)16-12-8-4;;/h5-16H2,1-4H3;1H;/q+1;;/p-1. The molecule has 3 heteroatoms. The molecule has 0 amide bonds. The fraction of sp³-hybridized carbons (Fsp3) is 1.00. The largest absolute Gasteiger partial charge is 1.00 e. The molecule has 0 aliphatic rings. The van der Waals surface area contributed by atoms with Crippen molar-refractivity contribution in [1.82, 2.24) is 0 Å². The first-order chi connectivity index (χ1) is 8.24. The van der Waals surface area contributed by atoms with E-state index >= 15 is 0 Å². The number of hydrogen-bond acceptors (Lipinski definition) is 0. The quantitative estimate of drug-likeness (QED) is 0.454. The number of unbranched alkanes of at least 4 members (excludes halogenated alkanes) is 4. The van der Waals surface area contributed by atoms with Crippen LogP contribution in [0.5, 0.6) is 0 Å². The first-order valence-electron chi connectivity index (χ1n) is 8.09. The van der Waals surface area contributed by atoms with E-state index < -0.39 is 0 Å². The molecule has 0 aromatic rings. The van der Waals surface area contributed by atoms with Crippen molar-refractivity contribution < 1.29 is 38.2 Å². The summed E-state index contributed by atoms with van der Waals surface area (Å²) < 4.78 is 1.42. The number of hydrogen-bond donors (Lipinski definition) is 0. The second-order valence-corrected chi connectivity index (χ2v) is 5.65. The van der Waals surface area contributed by atoms with Crippen LogP contribution in [0.3, 0.4) is 0 Å². The Morgan fingerprint density at radius 1 is 0.526 bits per heavy atom. The zero-order chi connectivity index (χ0) is 13.0. The van der Waals surface area contributed by atoms with Gasteiger partial charge in [-0.1, -0.05) is 53.4 Å². The van der Waals surface area contributed by atoms with Crippen LogP contribution < -0.4 is 17.0 Å². The van der Waals surface area contributed by atoms with E-state index in [-0.39, 0.29) is 33.8 Å². The minimum Gasteiger partial charge on any atom is -1.00 e. The van der Waals surface area contributed by atoms with Crippen molar-refractivity contribution >= 4 is 0 Å². The van der Waals surface area contributed by atoms with E-state index in [4.69, 9.17) is 0 Å². The molecule has 0 saturated heterocycles. The monoisotopic (exact) mass is 380 g/mol. The van der Waals surface area contributed by atoms with E-state index in [1.54, 1.807) is 0 Å². The van der Waals surface area contributed by atoms with E-state index in [0.29, 0.717) is 0 Å². The van der Waals surface area contributed by atoms with E-state index in [1.165, 1.54) is 82.0 Å². The average Bonchev–Trinajstić information content (AvgIpc) is 2.37. The van der Waals surface area contributed by atoms with Crippen LogP contribution in [0.2, 0.25) is 0 Å². The summed E-state index contributed by atoms with van der Waals surface area (Å²) in [4.78, 5) is 0. The van der Waals surface area contributed by atoms with E-state index in [2.05, 4.69) is 27.7 Å². The first-order valence-corrected chi connectivity index (χ1v) is 8.09. The maximum absolute atomic E-state index is 2.33. The molecule has 0 bridgehead atoms. The van der Waals surface area contributed by atoms with Crippen LogP contribution in [-0.2, 0) is 16.8 Å². The molecule has 0 aromatic heterocycles. The molecule has 0 unspecified atom stereocenters. The molecular formula is C16H36BrCoN. The van der Waals surface area contributed by atoms with Gasteiger partial charge in [0.25, 0.3) is 0 Å². The third kappa shape index (κ3) is 12.4. The van der Waals surface area contributed by atoms with Gasteiger partial charge in [-0.25, -0.2) is 0 Å². The van der Waals surface area contributed by atoms with Gasteiger partial charge in [-0.05, 0) is 25.7 Å². The summed E-state index contributed by atoms with van der Waals surface area (Å²) in [5.74, 6) is 0. The molecule has 0 fully saturated rings. The molecule has 1 nitrogen and oxygen atoms in total. The molecule has 0 spiro atoms. The van der Waals surface area contributed by atoms with Crippen LogP contribution in [0.1, 0.15) is 79.1 Å². The van der Waals surface area contributed by atoms with Crippen LogP contribution in [0, 0.1) is 0 Å². The Balaban J connectivity index is -0.00000128. The molecule has 0 N–H and O–H groups in total. The first kappa shape index (κ1) is 24.9. The summed E-state index contributed by atoms with van der Waals surface area (Å²) in [6, 6.07) is 0. The summed E-state index contributed by atoms with van der Waals surface area (Å²) >= 11 is 0. The molecule has 1 radical (unpaired) electrons. The molecule has 0 aliphatic carbocycles. The normalized spacial score (nSPS) is 10.7. The van der Waals surface area contributed by atoms with Gasteiger partial charge in [0, 0.05) is 16.8 Å². The fourth-order valence-corrected chi connectivity index (χ4v) is 2.64. The number of halogens is 1. The van der Waals surface area contributed by atoms with E-state index in [0.717, 1.165) is 0 Å². The predicted molar refractivity (Wildman–Crippen MR) is 79.4 cm³/mol. The van der Waals surface area contributed by atoms with Crippen LogP contribution in [0.4, 0.5) is 0 Å². The second kappa shape index (κ2) is 17.0. The van der Waals surface area contributed by atoms with Gasteiger partial charge in [-0.3, -0.25) is 0 Å². The molecule has 0 saturated carbocycles. The van der Waals surface area contributed by atoms with Gasteiger partial charge in [-0.2, -0.15) is 0 Å². The van der Waals surface area contributed by atoms with Crippen molar-refractivity contribution in [2.75, 3.05) is 26.2 Å². The zero-order valence-electron chi connectivity index (χ0n) is 13.6.